The van der Waals surface area contributed by atoms with Crippen molar-refractivity contribution < 1.29 is 14.7 Å². The largest absolute Gasteiger partial charge is 0.481 e. The van der Waals surface area contributed by atoms with E-state index in [1.807, 2.05) is 4.90 Å². The summed E-state index contributed by atoms with van der Waals surface area (Å²) in [4.78, 5) is 25.4. The molecule has 3 atom stereocenters. The minimum absolute atomic E-state index is 0.0840. The number of rotatable bonds is 4. The van der Waals surface area contributed by atoms with Crippen LogP contribution in [0.4, 0.5) is 0 Å². The van der Waals surface area contributed by atoms with Crippen molar-refractivity contribution >= 4 is 11.9 Å². The van der Waals surface area contributed by atoms with Gasteiger partial charge in [0.1, 0.15) is 0 Å². The van der Waals surface area contributed by atoms with Gasteiger partial charge in [0.2, 0.25) is 5.91 Å². The Morgan fingerprint density at radius 2 is 2.00 bits per heavy atom. The summed E-state index contributed by atoms with van der Waals surface area (Å²) in [6, 6.07) is 0. The van der Waals surface area contributed by atoms with Gasteiger partial charge in [0, 0.05) is 13.1 Å². The fraction of sp³-hybridized carbons (Fsp3) is 0.867. The number of likely N-dealkylation sites (tertiary alicyclic amines) is 1. The number of piperidine rings is 1. The van der Waals surface area contributed by atoms with Crippen LogP contribution in [0.1, 0.15) is 52.4 Å². The zero-order valence-electron chi connectivity index (χ0n) is 12.0. The number of aliphatic carboxylic acids is 1. The van der Waals surface area contributed by atoms with E-state index in [0.717, 1.165) is 38.8 Å². The van der Waals surface area contributed by atoms with Crippen LogP contribution >= 0.6 is 0 Å². The van der Waals surface area contributed by atoms with Gasteiger partial charge in [-0.1, -0.05) is 20.3 Å². The van der Waals surface area contributed by atoms with Crippen molar-refractivity contribution in [1.29, 1.82) is 0 Å². The zero-order chi connectivity index (χ0) is 14.0. The lowest BCUT2D eigenvalue weighted by Gasteiger charge is -2.44. The van der Waals surface area contributed by atoms with E-state index in [1.165, 1.54) is 6.42 Å². The number of carboxylic acid groups (broad SMARTS) is 1. The summed E-state index contributed by atoms with van der Waals surface area (Å²) in [7, 11) is 0. The second-order valence-corrected chi connectivity index (χ2v) is 6.55. The van der Waals surface area contributed by atoms with Crippen LogP contribution < -0.4 is 0 Å². The molecular formula is C15H25NO3. The van der Waals surface area contributed by atoms with Crippen molar-refractivity contribution in [2.24, 2.45) is 17.3 Å². The SMILES string of the molecule is CCCC1(C)CCCN(C(=O)C2CCC2C(=O)O)C1. The Bertz CT molecular complexity index is 364. The predicted octanol–water partition coefficient (Wildman–Crippen LogP) is 2.53. The molecular weight excluding hydrogens is 242 g/mol. The third-order valence-corrected chi connectivity index (χ3v) is 4.85. The van der Waals surface area contributed by atoms with E-state index >= 15 is 0 Å². The zero-order valence-corrected chi connectivity index (χ0v) is 12.0. The average Bonchev–Trinajstić information content (AvgIpc) is 2.26. The Labute approximate surface area is 115 Å². The summed E-state index contributed by atoms with van der Waals surface area (Å²) >= 11 is 0. The van der Waals surface area contributed by atoms with Gasteiger partial charge in [-0.15, -0.1) is 0 Å². The van der Waals surface area contributed by atoms with Crippen LogP contribution in [-0.2, 0) is 9.59 Å². The fourth-order valence-electron chi connectivity index (χ4n) is 3.64. The number of amides is 1. The predicted molar refractivity (Wildman–Crippen MR) is 72.7 cm³/mol. The number of carbonyl (C=O) groups is 2. The molecule has 1 saturated carbocycles. The van der Waals surface area contributed by atoms with E-state index in [1.54, 1.807) is 0 Å². The van der Waals surface area contributed by atoms with Crippen molar-refractivity contribution in [2.45, 2.75) is 52.4 Å². The van der Waals surface area contributed by atoms with Crippen LogP contribution in [-0.4, -0.2) is 35.0 Å². The molecule has 2 aliphatic rings. The Balaban J connectivity index is 1.98. The number of hydrogen-bond acceptors (Lipinski definition) is 2. The van der Waals surface area contributed by atoms with Crippen molar-refractivity contribution in [3.8, 4) is 0 Å². The maximum Gasteiger partial charge on any atom is 0.307 e. The van der Waals surface area contributed by atoms with Crippen LogP contribution in [0.3, 0.4) is 0 Å². The molecule has 2 fully saturated rings. The van der Waals surface area contributed by atoms with Gasteiger partial charge in [-0.05, 0) is 37.5 Å². The molecule has 1 saturated heterocycles. The van der Waals surface area contributed by atoms with Crippen molar-refractivity contribution in [3.63, 3.8) is 0 Å². The molecule has 1 aliphatic carbocycles. The second kappa shape index (κ2) is 5.51. The second-order valence-electron chi connectivity index (χ2n) is 6.55. The number of carbonyl (C=O) groups excluding carboxylic acids is 1. The minimum Gasteiger partial charge on any atom is -0.481 e. The average molecular weight is 267 g/mol. The Hall–Kier alpha value is -1.06. The molecule has 0 aromatic rings. The maximum atomic E-state index is 12.4. The quantitative estimate of drug-likeness (QED) is 0.851. The Kier molecular flexibility index (Phi) is 4.16. The number of nitrogens with zero attached hydrogens (tertiary/aromatic N) is 1. The van der Waals surface area contributed by atoms with Crippen molar-refractivity contribution in [2.75, 3.05) is 13.1 Å². The number of hydrogen-bond donors (Lipinski definition) is 1. The van der Waals surface area contributed by atoms with Gasteiger partial charge in [0.25, 0.3) is 0 Å². The highest BCUT2D eigenvalue weighted by Gasteiger charge is 2.44. The van der Waals surface area contributed by atoms with Gasteiger partial charge >= 0.3 is 5.97 Å². The van der Waals surface area contributed by atoms with Crippen LogP contribution in [0.15, 0.2) is 0 Å². The summed E-state index contributed by atoms with van der Waals surface area (Å²) < 4.78 is 0. The van der Waals surface area contributed by atoms with E-state index in [0.29, 0.717) is 6.42 Å². The van der Waals surface area contributed by atoms with Crippen molar-refractivity contribution in [1.82, 2.24) is 4.90 Å². The van der Waals surface area contributed by atoms with Gasteiger partial charge in [-0.3, -0.25) is 9.59 Å². The molecule has 0 bridgehead atoms. The highest BCUT2D eigenvalue weighted by molar-refractivity contribution is 5.86. The summed E-state index contributed by atoms with van der Waals surface area (Å²) in [6.07, 6.45) is 5.91. The van der Waals surface area contributed by atoms with E-state index < -0.39 is 11.9 Å². The van der Waals surface area contributed by atoms with E-state index in [9.17, 15) is 9.59 Å². The summed E-state index contributed by atoms with van der Waals surface area (Å²) in [5.41, 5.74) is 0.227. The standard InChI is InChI=1S/C15H25NO3/c1-3-7-15(2)8-4-9-16(10-15)13(17)11-5-6-12(11)14(18)19/h11-12H,3-10H2,1-2H3,(H,18,19). The molecule has 0 radical (unpaired) electrons. The smallest absolute Gasteiger partial charge is 0.307 e. The topological polar surface area (TPSA) is 57.6 Å². The lowest BCUT2D eigenvalue weighted by Crippen LogP contribution is -2.51. The van der Waals surface area contributed by atoms with Gasteiger partial charge < -0.3 is 10.0 Å². The first-order valence-corrected chi connectivity index (χ1v) is 7.48. The summed E-state index contributed by atoms with van der Waals surface area (Å²) in [5.74, 6) is -1.42. The van der Waals surface area contributed by atoms with Crippen molar-refractivity contribution in [3.05, 3.63) is 0 Å². The molecule has 1 aliphatic heterocycles. The number of carboxylic acids is 1. The highest BCUT2D eigenvalue weighted by Crippen LogP contribution is 2.39. The summed E-state index contributed by atoms with van der Waals surface area (Å²) in [5, 5.41) is 9.07. The normalized spacial score (nSPS) is 34.7. The maximum absolute atomic E-state index is 12.4. The first kappa shape index (κ1) is 14.4. The van der Waals surface area contributed by atoms with Gasteiger partial charge in [-0.25, -0.2) is 0 Å². The van der Waals surface area contributed by atoms with E-state index in [2.05, 4.69) is 13.8 Å². The first-order valence-electron chi connectivity index (χ1n) is 7.48. The molecule has 19 heavy (non-hydrogen) atoms. The monoisotopic (exact) mass is 267 g/mol. The van der Waals surface area contributed by atoms with Gasteiger partial charge in [-0.2, -0.15) is 0 Å². The summed E-state index contributed by atoms with van der Waals surface area (Å²) in [6.45, 7) is 6.05. The fourth-order valence-corrected chi connectivity index (χ4v) is 3.64. The van der Waals surface area contributed by atoms with Crippen LogP contribution in [0.25, 0.3) is 0 Å². The van der Waals surface area contributed by atoms with Gasteiger partial charge in [0.15, 0.2) is 0 Å². The highest BCUT2D eigenvalue weighted by atomic mass is 16.4. The lowest BCUT2D eigenvalue weighted by atomic mass is 9.71. The molecule has 4 heteroatoms. The van der Waals surface area contributed by atoms with Gasteiger partial charge in [0.05, 0.1) is 11.8 Å². The van der Waals surface area contributed by atoms with E-state index in [-0.39, 0.29) is 17.2 Å². The molecule has 0 spiro atoms. The minimum atomic E-state index is -0.807. The first-order chi connectivity index (χ1) is 8.97. The lowest BCUT2D eigenvalue weighted by molar-refractivity contribution is -0.158. The third-order valence-electron chi connectivity index (χ3n) is 4.85. The van der Waals surface area contributed by atoms with E-state index in [4.69, 9.17) is 5.11 Å². The molecule has 2 rings (SSSR count). The Morgan fingerprint density at radius 3 is 2.53 bits per heavy atom. The molecule has 4 nitrogen and oxygen atoms in total. The molecule has 1 N–H and O–H groups in total. The molecule has 108 valence electrons. The Morgan fingerprint density at radius 1 is 1.32 bits per heavy atom. The molecule has 0 aromatic heterocycles. The van der Waals surface area contributed by atoms with Crippen LogP contribution in [0.5, 0.6) is 0 Å². The van der Waals surface area contributed by atoms with Crippen LogP contribution in [0, 0.1) is 17.3 Å². The molecule has 1 amide bonds. The molecule has 3 unspecified atom stereocenters. The van der Waals surface area contributed by atoms with Crippen LogP contribution in [0.2, 0.25) is 0 Å². The molecule has 1 heterocycles. The third kappa shape index (κ3) is 2.93. The molecule has 0 aromatic carbocycles.